The van der Waals surface area contributed by atoms with Crippen LogP contribution in [0.25, 0.3) is 0 Å². The van der Waals surface area contributed by atoms with Gasteiger partial charge in [-0.2, -0.15) is 0 Å². The van der Waals surface area contributed by atoms with E-state index in [0.717, 1.165) is 44.9 Å². The minimum atomic E-state index is 0.148. The number of rotatable bonds is 10. The summed E-state index contributed by atoms with van der Waals surface area (Å²) in [6, 6.07) is 0.205. The lowest BCUT2D eigenvalue weighted by Crippen LogP contribution is -2.53. The second-order valence-corrected chi connectivity index (χ2v) is 12.7. The molecule has 1 amide bonds. The summed E-state index contributed by atoms with van der Waals surface area (Å²) >= 11 is 6.33. The predicted molar refractivity (Wildman–Crippen MR) is 141 cm³/mol. The maximum absolute atomic E-state index is 12.7. The van der Waals surface area contributed by atoms with E-state index in [9.17, 15) is 4.79 Å². The Kier molecular flexibility index (Phi) is 10.6. The van der Waals surface area contributed by atoms with Crippen LogP contribution in [0, 0.1) is 23.2 Å². The lowest BCUT2D eigenvalue weighted by Gasteiger charge is -2.47. The smallest absolute Gasteiger partial charge is 0.234 e. The van der Waals surface area contributed by atoms with E-state index in [1.54, 1.807) is 5.57 Å². The van der Waals surface area contributed by atoms with Gasteiger partial charge in [0.05, 0.1) is 6.54 Å². The fourth-order valence-electron chi connectivity index (χ4n) is 6.39. The molecule has 4 nitrogen and oxygen atoms in total. The number of likely N-dealkylation sites (tertiary alicyclic amines) is 1. The predicted octanol–water partition coefficient (Wildman–Crippen LogP) is 5.75. The zero-order chi connectivity index (χ0) is 23.8. The van der Waals surface area contributed by atoms with Crippen LogP contribution in [0.5, 0.6) is 0 Å². The van der Waals surface area contributed by atoms with Crippen molar-refractivity contribution in [2.24, 2.45) is 23.2 Å². The molecule has 0 spiro atoms. The summed E-state index contributed by atoms with van der Waals surface area (Å²) in [6.07, 6.45) is 15.1. The number of nitrogens with one attached hydrogen (secondary N) is 2. The Bertz CT molecular complexity index is 641. The van der Waals surface area contributed by atoms with Gasteiger partial charge in [0.25, 0.3) is 0 Å². The summed E-state index contributed by atoms with van der Waals surface area (Å²) in [5.74, 6) is 2.11. The molecule has 0 aromatic carbocycles. The molecule has 3 atom stereocenters. The van der Waals surface area contributed by atoms with E-state index in [2.05, 4.69) is 49.3 Å². The number of carbonyl (C=O) groups excluding carboxylic acids is 1. The highest BCUT2D eigenvalue weighted by Gasteiger charge is 2.39. The number of hydrogen-bond donors (Lipinski definition) is 2. The lowest BCUT2D eigenvalue weighted by atomic mass is 9.68. The SMILES string of the molecule is CC(C)[C@H](CN1CCC(C2=CCC(Cl)CC2)C(C)(C)C1)NC(=O)CNCCC1CCCCC1. The van der Waals surface area contributed by atoms with Crippen molar-refractivity contribution >= 4 is 17.5 Å². The minimum absolute atomic E-state index is 0.148. The van der Waals surface area contributed by atoms with E-state index >= 15 is 0 Å². The van der Waals surface area contributed by atoms with E-state index in [4.69, 9.17) is 11.6 Å². The summed E-state index contributed by atoms with van der Waals surface area (Å²) in [5, 5.41) is 7.07. The fraction of sp³-hybridized carbons (Fsp3) is 0.893. The van der Waals surface area contributed by atoms with Crippen molar-refractivity contribution in [2.75, 3.05) is 32.7 Å². The molecule has 2 N–H and O–H groups in total. The third kappa shape index (κ3) is 8.54. The number of halogens is 1. The Labute approximate surface area is 208 Å². The van der Waals surface area contributed by atoms with Gasteiger partial charge in [0.1, 0.15) is 0 Å². The van der Waals surface area contributed by atoms with Crippen molar-refractivity contribution in [1.82, 2.24) is 15.5 Å². The first-order chi connectivity index (χ1) is 15.7. The number of carbonyl (C=O) groups is 1. The third-order valence-corrected chi connectivity index (χ3v) is 8.88. The fourth-order valence-corrected chi connectivity index (χ4v) is 6.59. The summed E-state index contributed by atoms with van der Waals surface area (Å²) in [5.41, 5.74) is 1.90. The quantitative estimate of drug-likeness (QED) is 0.238. The topological polar surface area (TPSA) is 44.4 Å². The number of piperidine rings is 1. The van der Waals surface area contributed by atoms with Crippen LogP contribution in [0.4, 0.5) is 0 Å². The first kappa shape index (κ1) is 27.0. The maximum Gasteiger partial charge on any atom is 0.234 e. The molecule has 0 aromatic heterocycles. The molecule has 33 heavy (non-hydrogen) atoms. The van der Waals surface area contributed by atoms with E-state index < -0.39 is 0 Å². The van der Waals surface area contributed by atoms with Crippen LogP contribution in [0.3, 0.4) is 0 Å². The molecular formula is C28H50ClN3O. The van der Waals surface area contributed by atoms with Crippen molar-refractivity contribution in [2.45, 2.75) is 103 Å². The van der Waals surface area contributed by atoms with Crippen LogP contribution in [0.1, 0.15) is 91.9 Å². The van der Waals surface area contributed by atoms with Crippen LogP contribution in [-0.4, -0.2) is 54.9 Å². The Morgan fingerprint density at radius 1 is 1.18 bits per heavy atom. The van der Waals surface area contributed by atoms with Crippen LogP contribution >= 0.6 is 11.6 Å². The normalized spacial score (nSPS) is 27.9. The monoisotopic (exact) mass is 479 g/mol. The van der Waals surface area contributed by atoms with Crippen molar-refractivity contribution < 1.29 is 4.79 Å². The molecule has 0 aromatic rings. The van der Waals surface area contributed by atoms with Crippen LogP contribution < -0.4 is 10.6 Å². The van der Waals surface area contributed by atoms with Crippen LogP contribution in [0.15, 0.2) is 11.6 Å². The largest absolute Gasteiger partial charge is 0.351 e. The summed E-state index contributed by atoms with van der Waals surface area (Å²) in [6.45, 7) is 13.9. The average molecular weight is 480 g/mol. The van der Waals surface area contributed by atoms with Crippen molar-refractivity contribution in [3.63, 3.8) is 0 Å². The highest BCUT2D eigenvalue weighted by Crippen LogP contribution is 2.43. The zero-order valence-electron chi connectivity index (χ0n) is 21.8. The first-order valence-electron chi connectivity index (χ1n) is 13.8. The third-order valence-electron chi connectivity index (χ3n) is 8.48. The summed E-state index contributed by atoms with van der Waals surface area (Å²) in [7, 11) is 0. The van der Waals surface area contributed by atoms with Crippen LogP contribution in [0.2, 0.25) is 0 Å². The van der Waals surface area contributed by atoms with Gasteiger partial charge in [0.15, 0.2) is 0 Å². The Morgan fingerprint density at radius 2 is 1.94 bits per heavy atom. The molecule has 1 saturated carbocycles. The van der Waals surface area contributed by atoms with Gasteiger partial charge in [0.2, 0.25) is 5.91 Å². The molecule has 2 fully saturated rings. The molecule has 0 bridgehead atoms. The van der Waals surface area contributed by atoms with Gasteiger partial charge in [-0.25, -0.2) is 0 Å². The summed E-state index contributed by atoms with van der Waals surface area (Å²) in [4.78, 5) is 15.2. The molecule has 2 aliphatic carbocycles. The van der Waals surface area contributed by atoms with Crippen molar-refractivity contribution in [3.8, 4) is 0 Å². The van der Waals surface area contributed by atoms with Gasteiger partial charge in [-0.3, -0.25) is 4.79 Å². The van der Waals surface area contributed by atoms with Gasteiger partial charge >= 0.3 is 0 Å². The highest BCUT2D eigenvalue weighted by atomic mass is 35.5. The van der Waals surface area contributed by atoms with Crippen LogP contribution in [-0.2, 0) is 4.79 Å². The molecule has 1 heterocycles. The van der Waals surface area contributed by atoms with Gasteiger partial charge in [-0.15, -0.1) is 11.6 Å². The molecule has 1 saturated heterocycles. The number of hydrogen-bond acceptors (Lipinski definition) is 3. The van der Waals surface area contributed by atoms with Crippen molar-refractivity contribution in [1.29, 1.82) is 0 Å². The molecular weight excluding hydrogens is 430 g/mol. The summed E-state index contributed by atoms with van der Waals surface area (Å²) < 4.78 is 0. The number of allylic oxidation sites excluding steroid dienone is 2. The second kappa shape index (κ2) is 12.9. The number of amides is 1. The van der Waals surface area contributed by atoms with E-state index in [-0.39, 0.29) is 17.4 Å². The van der Waals surface area contributed by atoms with Gasteiger partial charge in [0, 0.05) is 24.5 Å². The highest BCUT2D eigenvalue weighted by molar-refractivity contribution is 6.20. The molecule has 3 aliphatic rings. The van der Waals surface area contributed by atoms with Gasteiger partial charge in [-0.1, -0.05) is 71.4 Å². The molecule has 1 aliphatic heterocycles. The standard InChI is InChI=1S/C28H50ClN3O/c1-21(2)26(31-27(33)18-30-16-14-22-8-6-5-7-9-22)19-32-17-15-25(28(3,4)20-32)23-10-12-24(29)13-11-23/h10,21-22,24-26,30H,5-9,11-20H2,1-4H3,(H,31,33)/t24?,25?,26-/m0/s1. The molecule has 2 unspecified atom stereocenters. The lowest BCUT2D eigenvalue weighted by molar-refractivity contribution is -0.121. The number of nitrogens with zero attached hydrogens (tertiary/aromatic N) is 1. The Morgan fingerprint density at radius 3 is 2.58 bits per heavy atom. The Hall–Kier alpha value is -0.580. The Balaban J connectivity index is 1.42. The first-order valence-corrected chi connectivity index (χ1v) is 14.2. The maximum atomic E-state index is 12.7. The molecule has 190 valence electrons. The molecule has 0 radical (unpaired) electrons. The minimum Gasteiger partial charge on any atom is -0.351 e. The molecule has 5 heteroatoms. The van der Waals surface area contributed by atoms with Gasteiger partial charge in [-0.05, 0) is 68.4 Å². The average Bonchev–Trinajstić information content (AvgIpc) is 2.77. The zero-order valence-corrected chi connectivity index (χ0v) is 22.6. The second-order valence-electron chi connectivity index (χ2n) is 12.1. The number of alkyl halides is 1. The van der Waals surface area contributed by atoms with E-state index in [1.807, 2.05) is 0 Å². The van der Waals surface area contributed by atoms with E-state index in [0.29, 0.717) is 23.8 Å². The van der Waals surface area contributed by atoms with E-state index in [1.165, 1.54) is 51.4 Å². The van der Waals surface area contributed by atoms with Gasteiger partial charge < -0.3 is 15.5 Å². The molecule has 3 rings (SSSR count). The van der Waals surface area contributed by atoms with Crippen molar-refractivity contribution in [3.05, 3.63) is 11.6 Å².